The van der Waals surface area contributed by atoms with Crippen molar-refractivity contribution in [2.75, 3.05) is 14.2 Å². The van der Waals surface area contributed by atoms with Crippen LogP contribution in [0.1, 0.15) is 44.7 Å². The van der Waals surface area contributed by atoms with Gasteiger partial charge >= 0.3 is 0 Å². The molecule has 0 heterocycles. The molecule has 4 heteroatoms. The van der Waals surface area contributed by atoms with Crippen molar-refractivity contribution >= 4 is 15.9 Å². The van der Waals surface area contributed by atoms with Crippen LogP contribution in [0.4, 0.5) is 0 Å². The first kappa shape index (κ1) is 16.3. The third-order valence-corrected chi connectivity index (χ3v) is 3.54. The Morgan fingerprint density at radius 1 is 1.21 bits per heavy atom. The zero-order valence-electron chi connectivity index (χ0n) is 12.6. The lowest BCUT2D eigenvalue weighted by Gasteiger charge is -2.25. The van der Waals surface area contributed by atoms with Crippen molar-refractivity contribution in [3.05, 3.63) is 21.7 Å². The summed E-state index contributed by atoms with van der Waals surface area (Å²) in [6, 6.07) is 2.09. The number of halogens is 1. The highest BCUT2D eigenvalue weighted by molar-refractivity contribution is 9.10. The van der Waals surface area contributed by atoms with E-state index >= 15 is 0 Å². The summed E-state index contributed by atoms with van der Waals surface area (Å²) >= 11 is 3.54. The van der Waals surface area contributed by atoms with Gasteiger partial charge in [0.2, 0.25) is 0 Å². The van der Waals surface area contributed by atoms with Gasteiger partial charge in [-0.05, 0) is 53.7 Å². The molecule has 1 aromatic rings. The molecule has 1 rings (SSSR count). The lowest BCUT2D eigenvalue weighted by molar-refractivity contribution is 0.347. The van der Waals surface area contributed by atoms with E-state index in [0.29, 0.717) is 5.92 Å². The highest BCUT2D eigenvalue weighted by Crippen LogP contribution is 2.43. The van der Waals surface area contributed by atoms with Crippen molar-refractivity contribution in [2.24, 2.45) is 5.73 Å². The Morgan fingerprint density at radius 2 is 1.74 bits per heavy atom. The summed E-state index contributed by atoms with van der Waals surface area (Å²) in [5.74, 6) is 1.88. The maximum Gasteiger partial charge on any atom is 0.175 e. The molecular formula is C15H24BrNO2. The van der Waals surface area contributed by atoms with Crippen LogP contribution in [0.3, 0.4) is 0 Å². The third-order valence-electron chi connectivity index (χ3n) is 2.95. The molecule has 0 spiro atoms. The molecule has 0 unspecified atom stereocenters. The quantitative estimate of drug-likeness (QED) is 0.891. The molecular weight excluding hydrogens is 306 g/mol. The van der Waals surface area contributed by atoms with E-state index in [4.69, 9.17) is 15.2 Å². The van der Waals surface area contributed by atoms with Gasteiger partial charge in [0.1, 0.15) is 0 Å². The Balaban J connectivity index is 3.50. The predicted molar refractivity (Wildman–Crippen MR) is 83.3 cm³/mol. The molecule has 0 aliphatic carbocycles. The number of hydrogen-bond donors (Lipinski definition) is 1. The van der Waals surface area contributed by atoms with E-state index in [1.165, 1.54) is 11.1 Å². The lowest BCUT2D eigenvalue weighted by atomic mass is 9.88. The largest absolute Gasteiger partial charge is 0.493 e. The van der Waals surface area contributed by atoms with Gasteiger partial charge in [0.05, 0.1) is 18.7 Å². The maximum atomic E-state index is 6.16. The van der Waals surface area contributed by atoms with Crippen LogP contribution in [-0.4, -0.2) is 19.8 Å². The molecule has 1 aromatic carbocycles. The van der Waals surface area contributed by atoms with Crippen LogP contribution in [0.25, 0.3) is 0 Å². The molecule has 19 heavy (non-hydrogen) atoms. The normalized spacial score (nSPS) is 11.8. The van der Waals surface area contributed by atoms with Crippen LogP contribution >= 0.6 is 15.9 Å². The van der Waals surface area contributed by atoms with Crippen LogP contribution < -0.4 is 15.2 Å². The summed E-state index contributed by atoms with van der Waals surface area (Å²) in [5, 5.41) is 0. The van der Waals surface area contributed by atoms with Gasteiger partial charge in [-0.15, -0.1) is 0 Å². The Kier molecular flexibility index (Phi) is 5.27. The summed E-state index contributed by atoms with van der Waals surface area (Å²) in [6.45, 7) is 8.36. The number of rotatable bonds is 5. The molecule has 0 saturated carbocycles. The minimum absolute atomic E-state index is 0.261. The zero-order chi connectivity index (χ0) is 14.8. The Morgan fingerprint density at radius 3 is 2.11 bits per heavy atom. The molecule has 0 fully saturated rings. The van der Waals surface area contributed by atoms with Crippen molar-refractivity contribution in [2.45, 2.75) is 45.6 Å². The second-order valence-electron chi connectivity index (χ2n) is 5.82. The highest BCUT2D eigenvalue weighted by Gasteiger charge is 2.23. The minimum Gasteiger partial charge on any atom is -0.493 e. The summed E-state index contributed by atoms with van der Waals surface area (Å²) in [4.78, 5) is 0. The number of methoxy groups -OCH3 is 2. The summed E-state index contributed by atoms with van der Waals surface area (Å²) in [7, 11) is 3.33. The van der Waals surface area contributed by atoms with E-state index < -0.39 is 0 Å². The van der Waals surface area contributed by atoms with E-state index in [-0.39, 0.29) is 5.54 Å². The van der Waals surface area contributed by atoms with E-state index in [1.807, 2.05) is 13.8 Å². The number of ether oxygens (including phenoxy) is 2. The van der Waals surface area contributed by atoms with Crippen molar-refractivity contribution in [1.29, 1.82) is 0 Å². The zero-order valence-corrected chi connectivity index (χ0v) is 14.2. The fourth-order valence-electron chi connectivity index (χ4n) is 2.34. The predicted octanol–water partition coefficient (Wildman–Crippen LogP) is 3.87. The lowest BCUT2D eigenvalue weighted by Crippen LogP contribution is -2.34. The van der Waals surface area contributed by atoms with Crippen LogP contribution in [0, 0.1) is 0 Å². The van der Waals surface area contributed by atoms with E-state index in [2.05, 4.69) is 35.8 Å². The molecule has 2 N–H and O–H groups in total. The summed E-state index contributed by atoms with van der Waals surface area (Å²) in [6.07, 6.45) is 0.791. The monoisotopic (exact) mass is 329 g/mol. The molecule has 0 saturated heterocycles. The second kappa shape index (κ2) is 6.14. The summed E-state index contributed by atoms with van der Waals surface area (Å²) in [5.41, 5.74) is 8.27. The minimum atomic E-state index is -0.261. The standard InChI is InChI=1S/C15H24BrNO2/c1-9(2)12-10(8-15(3,4)17)7-11(16)13(18-5)14(12)19-6/h7,9H,8,17H2,1-6H3. The Labute approximate surface area is 124 Å². The van der Waals surface area contributed by atoms with Gasteiger partial charge in [0.15, 0.2) is 11.5 Å². The van der Waals surface area contributed by atoms with E-state index in [9.17, 15) is 0 Å². The Hall–Kier alpha value is -0.740. The topological polar surface area (TPSA) is 44.5 Å². The van der Waals surface area contributed by atoms with Crippen LogP contribution in [0.2, 0.25) is 0 Å². The molecule has 0 amide bonds. The van der Waals surface area contributed by atoms with Crippen LogP contribution in [-0.2, 0) is 6.42 Å². The maximum absolute atomic E-state index is 6.16. The Bertz CT molecular complexity index is 450. The van der Waals surface area contributed by atoms with Crippen molar-refractivity contribution < 1.29 is 9.47 Å². The van der Waals surface area contributed by atoms with Gasteiger partial charge in [-0.3, -0.25) is 0 Å². The molecule has 0 bridgehead atoms. The fraction of sp³-hybridized carbons (Fsp3) is 0.600. The van der Waals surface area contributed by atoms with Gasteiger partial charge in [-0.2, -0.15) is 0 Å². The fourth-order valence-corrected chi connectivity index (χ4v) is 2.95. The first-order chi connectivity index (χ1) is 8.71. The number of nitrogens with two attached hydrogens (primary N) is 1. The van der Waals surface area contributed by atoms with Crippen molar-refractivity contribution in [3.8, 4) is 11.5 Å². The van der Waals surface area contributed by atoms with Gasteiger partial charge in [-0.25, -0.2) is 0 Å². The van der Waals surface area contributed by atoms with E-state index in [0.717, 1.165) is 22.4 Å². The second-order valence-corrected chi connectivity index (χ2v) is 6.67. The molecule has 3 nitrogen and oxygen atoms in total. The number of benzene rings is 1. The SMILES string of the molecule is COc1c(Br)cc(CC(C)(C)N)c(C(C)C)c1OC. The van der Waals surface area contributed by atoms with Crippen LogP contribution in [0.15, 0.2) is 10.5 Å². The first-order valence-corrected chi connectivity index (χ1v) is 7.22. The van der Waals surface area contributed by atoms with Gasteiger partial charge in [0, 0.05) is 11.1 Å². The van der Waals surface area contributed by atoms with E-state index in [1.54, 1.807) is 14.2 Å². The molecule has 0 aromatic heterocycles. The number of hydrogen-bond acceptors (Lipinski definition) is 3. The third kappa shape index (κ3) is 3.86. The molecule has 0 atom stereocenters. The average Bonchev–Trinajstić information content (AvgIpc) is 2.25. The molecule has 0 aliphatic rings. The van der Waals surface area contributed by atoms with Gasteiger partial charge in [0.25, 0.3) is 0 Å². The smallest absolute Gasteiger partial charge is 0.175 e. The first-order valence-electron chi connectivity index (χ1n) is 6.43. The van der Waals surface area contributed by atoms with Gasteiger partial charge < -0.3 is 15.2 Å². The van der Waals surface area contributed by atoms with Crippen molar-refractivity contribution in [1.82, 2.24) is 0 Å². The average molecular weight is 330 g/mol. The van der Waals surface area contributed by atoms with Crippen molar-refractivity contribution in [3.63, 3.8) is 0 Å². The molecule has 0 radical (unpaired) electrons. The highest BCUT2D eigenvalue weighted by atomic mass is 79.9. The molecule has 0 aliphatic heterocycles. The molecule has 108 valence electrons. The van der Waals surface area contributed by atoms with Gasteiger partial charge in [-0.1, -0.05) is 13.8 Å². The van der Waals surface area contributed by atoms with Crippen LogP contribution in [0.5, 0.6) is 11.5 Å². The summed E-state index contributed by atoms with van der Waals surface area (Å²) < 4.78 is 11.9.